The number of aliphatic hydroxyl groups is 1. The molecule has 0 heterocycles. The number of benzene rings is 1. The fourth-order valence-electron chi connectivity index (χ4n) is 2.66. The lowest BCUT2D eigenvalue weighted by atomic mass is 10.1. The Hall–Kier alpha value is -1.37. The molecule has 0 radical (unpaired) electrons. The number of nitrogens with zero attached hydrogens (tertiary/aromatic N) is 1. The van der Waals surface area contributed by atoms with Crippen LogP contribution in [0, 0.1) is 17.7 Å². The van der Waals surface area contributed by atoms with Crippen molar-refractivity contribution in [3.05, 3.63) is 35.1 Å². The van der Waals surface area contributed by atoms with E-state index in [1.807, 2.05) is 6.07 Å². The van der Waals surface area contributed by atoms with E-state index in [0.717, 1.165) is 12.1 Å². The lowest BCUT2D eigenvalue weighted by molar-refractivity contribution is 0.237. The Morgan fingerprint density at radius 3 is 2.79 bits per heavy atom. The number of aliphatic hydroxyl groups excluding tert-OH is 1. The molecular weight excluding hydrogens is 241 g/mol. The van der Waals surface area contributed by atoms with Crippen molar-refractivity contribution in [3.8, 4) is 11.8 Å². The van der Waals surface area contributed by atoms with Gasteiger partial charge >= 0.3 is 0 Å². The van der Waals surface area contributed by atoms with Gasteiger partial charge in [-0.05, 0) is 37.6 Å². The summed E-state index contributed by atoms with van der Waals surface area (Å²) in [5, 5.41) is 8.67. The minimum absolute atomic E-state index is 0.244. The molecule has 0 bridgehead atoms. The lowest BCUT2D eigenvalue weighted by Crippen LogP contribution is -2.28. The van der Waals surface area contributed by atoms with Crippen molar-refractivity contribution in [2.45, 2.75) is 38.3 Å². The minimum Gasteiger partial charge on any atom is -0.384 e. The third kappa shape index (κ3) is 3.79. The van der Waals surface area contributed by atoms with Gasteiger partial charge < -0.3 is 5.11 Å². The van der Waals surface area contributed by atoms with E-state index in [0.29, 0.717) is 11.6 Å². The normalized spacial score (nSPS) is 15.6. The van der Waals surface area contributed by atoms with E-state index in [1.54, 1.807) is 6.07 Å². The molecule has 1 aliphatic rings. The summed E-state index contributed by atoms with van der Waals surface area (Å²) in [5.74, 6) is 4.82. The van der Waals surface area contributed by atoms with E-state index in [2.05, 4.69) is 23.8 Å². The molecule has 1 saturated carbocycles. The summed E-state index contributed by atoms with van der Waals surface area (Å²) in [6.45, 7) is 0.574. The summed E-state index contributed by atoms with van der Waals surface area (Å²) in [4.78, 5) is 2.34. The van der Waals surface area contributed by atoms with Crippen LogP contribution in [0.15, 0.2) is 18.2 Å². The highest BCUT2D eigenvalue weighted by Gasteiger charge is 2.19. The maximum Gasteiger partial charge on any atom is 0.138 e. The fourth-order valence-corrected chi connectivity index (χ4v) is 2.66. The summed E-state index contributed by atoms with van der Waals surface area (Å²) >= 11 is 0. The first-order chi connectivity index (χ1) is 9.20. The highest BCUT2D eigenvalue weighted by atomic mass is 19.1. The average molecular weight is 261 g/mol. The molecule has 19 heavy (non-hydrogen) atoms. The summed E-state index contributed by atoms with van der Waals surface area (Å²) in [5.41, 5.74) is 1.43. The molecule has 1 fully saturated rings. The van der Waals surface area contributed by atoms with Crippen LogP contribution in [0.5, 0.6) is 0 Å². The third-order valence-corrected chi connectivity index (χ3v) is 3.71. The largest absolute Gasteiger partial charge is 0.384 e. The zero-order valence-electron chi connectivity index (χ0n) is 11.3. The molecule has 2 nitrogen and oxygen atoms in total. The van der Waals surface area contributed by atoms with Crippen molar-refractivity contribution >= 4 is 0 Å². The minimum atomic E-state index is -0.326. The molecule has 0 amide bonds. The van der Waals surface area contributed by atoms with Crippen molar-refractivity contribution in [2.75, 3.05) is 13.7 Å². The monoisotopic (exact) mass is 261 g/mol. The molecule has 1 aliphatic carbocycles. The van der Waals surface area contributed by atoms with E-state index < -0.39 is 0 Å². The van der Waals surface area contributed by atoms with Gasteiger partial charge in [0.25, 0.3) is 0 Å². The van der Waals surface area contributed by atoms with Crippen molar-refractivity contribution in [3.63, 3.8) is 0 Å². The second-order valence-electron chi connectivity index (χ2n) is 5.13. The second kappa shape index (κ2) is 6.70. The number of rotatable bonds is 3. The third-order valence-electron chi connectivity index (χ3n) is 3.71. The highest BCUT2D eigenvalue weighted by molar-refractivity contribution is 5.38. The summed E-state index contributed by atoms with van der Waals surface area (Å²) in [6, 6.07) is 5.70. The highest BCUT2D eigenvalue weighted by Crippen LogP contribution is 2.24. The molecule has 0 unspecified atom stereocenters. The van der Waals surface area contributed by atoms with Gasteiger partial charge in [0.2, 0.25) is 0 Å². The molecule has 102 valence electrons. The van der Waals surface area contributed by atoms with Crippen LogP contribution >= 0.6 is 0 Å². The van der Waals surface area contributed by atoms with E-state index >= 15 is 0 Å². The second-order valence-corrected chi connectivity index (χ2v) is 5.13. The van der Waals surface area contributed by atoms with Crippen LogP contribution in [-0.2, 0) is 6.54 Å². The topological polar surface area (TPSA) is 23.5 Å². The van der Waals surface area contributed by atoms with Crippen LogP contribution in [0.4, 0.5) is 4.39 Å². The molecule has 0 saturated heterocycles. The van der Waals surface area contributed by atoms with Gasteiger partial charge in [-0.25, -0.2) is 4.39 Å². The molecular formula is C16H20FNO. The van der Waals surface area contributed by atoms with Gasteiger partial charge in [0, 0.05) is 12.6 Å². The van der Waals surface area contributed by atoms with Crippen LogP contribution in [0.3, 0.4) is 0 Å². The molecule has 0 atom stereocenters. The van der Waals surface area contributed by atoms with Crippen LogP contribution in [0.2, 0.25) is 0 Å². The van der Waals surface area contributed by atoms with Crippen LogP contribution in [0.1, 0.15) is 36.8 Å². The van der Waals surface area contributed by atoms with Crippen LogP contribution < -0.4 is 0 Å². The first kappa shape index (κ1) is 14.0. The fraction of sp³-hybridized carbons (Fsp3) is 0.500. The zero-order valence-corrected chi connectivity index (χ0v) is 11.3. The Kier molecular flexibility index (Phi) is 4.95. The van der Waals surface area contributed by atoms with Crippen molar-refractivity contribution in [1.29, 1.82) is 0 Å². The number of halogens is 1. The van der Waals surface area contributed by atoms with E-state index in [1.165, 1.54) is 31.7 Å². The molecule has 1 aromatic rings. The smallest absolute Gasteiger partial charge is 0.138 e. The average Bonchev–Trinajstić information content (AvgIpc) is 2.93. The standard InChI is InChI=1S/C16H20FNO/c1-18(15-6-2-3-7-15)12-13-8-9-16(17)14(11-13)5-4-10-19/h8-9,11,15,19H,2-3,6-7,10,12H2,1H3. The Morgan fingerprint density at radius 2 is 2.11 bits per heavy atom. The first-order valence-corrected chi connectivity index (χ1v) is 6.79. The van der Waals surface area contributed by atoms with Gasteiger partial charge in [0.05, 0.1) is 5.56 Å². The van der Waals surface area contributed by atoms with Gasteiger partial charge in [0.1, 0.15) is 12.4 Å². The van der Waals surface area contributed by atoms with Crippen LogP contribution in [0.25, 0.3) is 0 Å². The molecule has 0 aliphatic heterocycles. The molecule has 1 N–H and O–H groups in total. The molecule has 0 spiro atoms. The SMILES string of the molecule is CN(Cc1ccc(F)c(C#CCO)c1)C1CCCC1. The predicted molar refractivity (Wildman–Crippen MR) is 74.1 cm³/mol. The van der Waals surface area contributed by atoms with Gasteiger partial charge in [-0.3, -0.25) is 4.90 Å². The maximum atomic E-state index is 13.5. The number of hydrogen-bond donors (Lipinski definition) is 1. The molecule has 3 heteroatoms. The summed E-state index contributed by atoms with van der Waals surface area (Å²) in [7, 11) is 2.12. The molecule has 2 rings (SSSR count). The van der Waals surface area contributed by atoms with E-state index in [9.17, 15) is 4.39 Å². The van der Waals surface area contributed by atoms with Crippen LogP contribution in [-0.4, -0.2) is 29.7 Å². The maximum absolute atomic E-state index is 13.5. The van der Waals surface area contributed by atoms with Crippen molar-refractivity contribution < 1.29 is 9.50 Å². The van der Waals surface area contributed by atoms with Crippen molar-refractivity contribution in [1.82, 2.24) is 4.90 Å². The Bertz CT molecular complexity index is 483. The summed E-state index contributed by atoms with van der Waals surface area (Å²) < 4.78 is 13.5. The Balaban J connectivity index is 2.07. The lowest BCUT2D eigenvalue weighted by Gasteiger charge is -2.24. The number of hydrogen-bond acceptors (Lipinski definition) is 2. The van der Waals surface area contributed by atoms with Crippen molar-refractivity contribution in [2.24, 2.45) is 0 Å². The molecule has 1 aromatic carbocycles. The Morgan fingerprint density at radius 1 is 1.37 bits per heavy atom. The Labute approximate surface area is 114 Å². The predicted octanol–water partition coefficient (Wildman–Crippen LogP) is 2.54. The quantitative estimate of drug-likeness (QED) is 0.845. The van der Waals surface area contributed by atoms with Gasteiger partial charge in [-0.1, -0.05) is 30.7 Å². The first-order valence-electron chi connectivity index (χ1n) is 6.79. The molecule has 0 aromatic heterocycles. The van der Waals surface area contributed by atoms with E-state index in [4.69, 9.17) is 5.11 Å². The van der Waals surface area contributed by atoms with Gasteiger partial charge in [-0.15, -0.1) is 0 Å². The zero-order chi connectivity index (χ0) is 13.7. The van der Waals surface area contributed by atoms with E-state index in [-0.39, 0.29) is 12.4 Å². The van der Waals surface area contributed by atoms with Gasteiger partial charge in [0.15, 0.2) is 0 Å². The summed E-state index contributed by atoms with van der Waals surface area (Å²) in [6.07, 6.45) is 5.14. The van der Waals surface area contributed by atoms with Gasteiger partial charge in [-0.2, -0.15) is 0 Å².